The number of carbonyl (C=O) groups excluding carboxylic acids is 2. The molecule has 0 spiro atoms. The van der Waals surface area contributed by atoms with Crippen LogP contribution < -0.4 is 5.32 Å². The number of carboxylic acid groups (broad SMARTS) is 1. The second-order valence-corrected chi connectivity index (χ2v) is 7.77. The quantitative estimate of drug-likeness (QED) is 0.789. The van der Waals surface area contributed by atoms with Gasteiger partial charge in [-0.3, -0.25) is 9.59 Å². The van der Waals surface area contributed by atoms with Crippen molar-refractivity contribution >= 4 is 17.8 Å². The van der Waals surface area contributed by atoms with Gasteiger partial charge in [-0.15, -0.1) is 0 Å². The average Bonchev–Trinajstić information content (AvgIpc) is 2.74. The minimum Gasteiger partial charge on any atom is -0.478 e. The van der Waals surface area contributed by atoms with Crippen molar-refractivity contribution in [2.24, 2.45) is 5.41 Å². The van der Waals surface area contributed by atoms with Crippen molar-refractivity contribution in [1.29, 1.82) is 0 Å². The van der Waals surface area contributed by atoms with Crippen molar-refractivity contribution in [3.05, 3.63) is 71.3 Å². The van der Waals surface area contributed by atoms with Gasteiger partial charge in [0.05, 0.1) is 11.0 Å². The molecule has 0 radical (unpaired) electrons. The number of benzene rings is 2. The molecule has 6 nitrogen and oxygen atoms in total. The van der Waals surface area contributed by atoms with Gasteiger partial charge in [-0.1, -0.05) is 30.3 Å². The Labute approximate surface area is 170 Å². The molecule has 2 aromatic carbocycles. The predicted octanol–water partition coefficient (Wildman–Crippen LogP) is 2.99. The van der Waals surface area contributed by atoms with Gasteiger partial charge in [-0.05, 0) is 56.0 Å². The predicted molar refractivity (Wildman–Crippen MR) is 110 cm³/mol. The number of hydrogen-bond donors (Lipinski definition) is 2. The van der Waals surface area contributed by atoms with Crippen LogP contribution in [0.2, 0.25) is 0 Å². The maximum absolute atomic E-state index is 12.8. The van der Waals surface area contributed by atoms with Crippen LogP contribution in [0.1, 0.15) is 46.0 Å². The lowest BCUT2D eigenvalue weighted by molar-refractivity contribution is -0.132. The summed E-state index contributed by atoms with van der Waals surface area (Å²) in [5, 5.41) is 12.0. The van der Waals surface area contributed by atoms with Crippen molar-refractivity contribution in [3.63, 3.8) is 0 Å². The van der Waals surface area contributed by atoms with Crippen molar-refractivity contribution in [1.82, 2.24) is 10.2 Å². The molecule has 1 fully saturated rings. The van der Waals surface area contributed by atoms with Crippen LogP contribution in [0.4, 0.5) is 0 Å². The van der Waals surface area contributed by atoms with Crippen molar-refractivity contribution < 1.29 is 19.5 Å². The number of piperidine rings is 1. The molecule has 0 saturated carbocycles. The summed E-state index contributed by atoms with van der Waals surface area (Å²) in [6.45, 7) is 3.36. The molecule has 2 N–H and O–H groups in total. The van der Waals surface area contributed by atoms with Gasteiger partial charge in [0, 0.05) is 25.2 Å². The van der Waals surface area contributed by atoms with Gasteiger partial charge in [-0.2, -0.15) is 0 Å². The minimum absolute atomic E-state index is 0.0465. The van der Waals surface area contributed by atoms with Crippen molar-refractivity contribution in [2.45, 2.75) is 26.2 Å². The average molecular weight is 394 g/mol. The second kappa shape index (κ2) is 8.90. The van der Waals surface area contributed by atoms with Crippen LogP contribution in [0.15, 0.2) is 54.6 Å². The first kappa shape index (κ1) is 20.6. The minimum atomic E-state index is -0.964. The van der Waals surface area contributed by atoms with E-state index >= 15 is 0 Å². The number of carboxylic acids is 1. The van der Waals surface area contributed by atoms with Gasteiger partial charge < -0.3 is 15.3 Å². The molecule has 2 amide bonds. The maximum Gasteiger partial charge on any atom is 0.335 e. The van der Waals surface area contributed by atoms with Crippen molar-refractivity contribution in [3.8, 4) is 0 Å². The first-order valence-electron chi connectivity index (χ1n) is 9.84. The Morgan fingerprint density at radius 1 is 1.07 bits per heavy atom. The van der Waals surface area contributed by atoms with E-state index in [0.29, 0.717) is 31.6 Å². The van der Waals surface area contributed by atoms with Crippen LogP contribution in [0, 0.1) is 5.41 Å². The molecule has 1 heterocycles. The Balaban J connectivity index is 1.57. The van der Waals surface area contributed by atoms with Gasteiger partial charge in [0.2, 0.25) is 5.91 Å². The number of nitrogens with one attached hydrogen (secondary N) is 1. The molecule has 0 aromatic heterocycles. The standard InChI is InChI=1S/C23H26N2O4/c1-23(12-6-14-25(16-23)20(26)18-8-3-2-4-9-18)22(29)24-13-11-17-7-5-10-19(15-17)21(27)28/h2-5,7-10,15H,6,11-14,16H2,1H3,(H,24,29)(H,27,28). The summed E-state index contributed by atoms with van der Waals surface area (Å²) in [4.78, 5) is 38.4. The van der Waals surface area contributed by atoms with Crippen LogP contribution in [-0.4, -0.2) is 47.4 Å². The monoisotopic (exact) mass is 394 g/mol. The fourth-order valence-corrected chi connectivity index (χ4v) is 3.76. The highest BCUT2D eigenvalue weighted by Gasteiger charge is 2.39. The molecule has 1 unspecified atom stereocenters. The Morgan fingerprint density at radius 2 is 1.79 bits per heavy atom. The van der Waals surface area contributed by atoms with E-state index in [0.717, 1.165) is 18.4 Å². The van der Waals surface area contributed by atoms with Crippen LogP contribution in [0.3, 0.4) is 0 Å². The van der Waals surface area contributed by atoms with E-state index in [2.05, 4.69) is 5.32 Å². The summed E-state index contributed by atoms with van der Waals surface area (Å²) in [7, 11) is 0. The van der Waals surface area contributed by atoms with Crippen molar-refractivity contribution in [2.75, 3.05) is 19.6 Å². The Bertz CT molecular complexity index is 897. The largest absolute Gasteiger partial charge is 0.478 e. The van der Waals surface area contributed by atoms with Crippen LogP contribution in [-0.2, 0) is 11.2 Å². The lowest BCUT2D eigenvalue weighted by Gasteiger charge is -2.39. The van der Waals surface area contributed by atoms with E-state index < -0.39 is 11.4 Å². The molecule has 3 rings (SSSR count). The highest BCUT2D eigenvalue weighted by atomic mass is 16.4. The molecule has 6 heteroatoms. The number of carbonyl (C=O) groups is 3. The topological polar surface area (TPSA) is 86.7 Å². The molecule has 1 atom stereocenters. The Morgan fingerprint density at radius 3 is 2.52 bits per heavy atom. The SMILES string of the molecule is CC1(C(=O)NCCc2cccc(C(=O)O)c2)CCCN(C(=O)c2ccccc2)C1. The number of rotatable bonds is 6. The van der Waals surface area contributed by atoms with E-state index in [4.69, 9.17) is 5.11 Å². The maximum atomic E-state index is 12.8. The van der Waals surface area contributed by atoms with Gasteiger partial charge >= 0.3 is 5.97 Å². The van der Waals surface area contributed by atoms with Gasteiger partial charge in [0.25, 0.3) is 5.91 Å². The third-order valence-electron chi connectivity index (χ3n) is 5.43. The first-order chi connectivity index (χ1) is 13.9. The number of hydrogen-bond acceptors (Lipinski definition) is 3. The van der Waals surface area contributed by atoms with Gasteiger partial charge in [0.15, 0.2) is 0 Å². The number of likely N-dealkylation sites (tertiary alicyclic amines) is 1. The van der Waals surface area contributed by atoms with E-state index in [1.54, 1.807) is 35.2 Å². The fraction of sp³-hybridized carbons (Fsp3) is 0.348. The normalized spacial score (nSPS) is 18.9. The van der Waals surface area contributed by atoms with E-state index in [-0.39, 0.29) is 17.4 Å². The number of aromatic carboxylic acids is 1. The Hall–Kier alpha value is -3.15. The van der Waals surface area contributed by atoms with E-state index in [1.165, 1.54) is 0 Å². The molecular formula is C23H26N2O4. The molecule has 0 aliphatic carbocycles. The summed E-state index contributed by atoms with van der Waals surface area (Å²) < 4.78 is 0. The molecule has 2 aromatic rings. The molecule has 29 heavy (non-hydrogen) atoms. The fourth-order valence-electron chi connectivity index (χ4n) is 3.76. The molecule has 1 aliphatic rings. The number of nitrogens with zero attached hydrogens (tertiary/aromatic N) is 1. The highest BCUT2D eigenvalue weighted by Crippen LogP contribution is 2.30. The lowest BCUT2D eigenvalue weighted by Crippen LogP contribution is -2.52. The highest BCUT2D eigenvalue weighted by molar-refractivity contribution is 5.95. The third-order valence-corrected chi connectivity index (χ3v) is 5.43. The van der Waals surface area contributed by atoms with Crippen LogP contribution in [0.25, 0.3) is 0 Å². The molecule has 0 bridgehead atoms. The molecule has 152 valence electrons. The van der Waals surface area contributed by atoms with E-state index in [1.807, 2.05) is 31.2 Å². The van der Waals surface area contributed by atoms with Gasteiger partial charge in [0.1, 0.15) is 0 Å². The molecular weight excluding hydrogens is 368 g/mol. The van der Waals surface area contributed by atoms with Crippen LogP contribution in [0.5, 0.6) is 0 Å². The smallest absolute Gasteiger partial charge is 0.335 e. The second-order valence-electron chi connectivity index (χ2n) is 7.77. The molecule has 1 aliphatic heterocycles. The third kappa shape index (κ3) is 5.02. The zero-order valence-electron chi connectivity index (χ0n) is 16.6. The van der Waals surface area contributed by atoms with E-state index in [9.17, 15) is 14.4 Å². The summed E-state index contributed by atoms with van der Waals surface area (Å²) in [6.07, 6.45) is 2.06. The zero-order chi connectivity index (χ0) is 20.9. The lowest BCUT2D eigenvalue weighted by atomic mass is 9.80. The zero-order valence-corrected chi connectivity index (χ0v) is 16.6. The number of amides is 2. The molecule has 1 saturated heterocycles. The summed E-state index contributed by atoms with van der Waals surface area (Å²) in [5.74, 6) is -1.08. The summed E-state index contributed by atoms with van der Waals surface area (Å²) >= 11 is 0. The summed E-state index contributed by atoms with van der Waals surface area (Å²) in [5.41, 5.74) is 1.10. The summed E-state index contributed by atoms with van der Waals surface area (Å²) in [6, 6.07) is 15.8. The van der Waals surface area contributed by atoms with Crippen LogP contribution >= 0.6 is 0 Å². The first-order valence-corrected chi connectivity index (χ1v) is 9.84. The van der Waals surface area contributed by atoms with Gasteiger partial charge in [-0.25, -0.2) is 4.79 Å². The Kier molecular flexibility index (Phi) is 6.32.